The summed E-state index contributed by atoms with van der Waals surface area (Å²) < 4.78 is 10.3. The molecule has 0 N–H and O–H groups in total. The number of allylic oxidation sites excluding steroid dienone is 4. The van der Waals surface area contributed by atoms with Crippen LogP contribution in [0, 0.1) is 0 Å². The van der Waals surface area contributed by atoms with Crippen LogP contribution < -0.4 is 4.74 Å². The summed E-state index contributed by atoms with van der Waals surface area (Å²) in [6.45, 7) is 4.97. The normalized spacial score (nSPS) is 12.0. The Morgan fingerprint density at radius 2 is 1.83 bits per heavy atom. The van der Waals surface area contributed by atoms with E-state index in [-0.39, 0.29) is 5.97 Å². The van der Waals surface area contributed by atoms with E-state index >= 15 is 0 Å². The lowest BCUT2D eigenvalue weighted by atomic mass is 10.1. The van der Waals surface area contributed by atoms with Gasteiger partial charge < -0.3 is 9.47 Å². The van der Waals surface area contributed by atoms with Crippen molar-refractivity contribution in [2.45, 2.75) is 39.5 Å². The topological polar surface area (TPSA) is 35.5 Å². The smallest absolute Gasteiger partial charge is 0.330 e. The third kappa shape index (κ3) is 8.99. The fourth-order valence-corrected chi connectivity index (χ4v) is 2.02. The number of esters is 1. The van der Waals surface area contributed by atoms with E-state index in [1.165, 1.54) is 32.4 Å². The van der Waals surface area contributed by atoms with Crippen LogP contribution in [-0.4, -0.2) is 19.7 Å². The van der Waals surface area contributed by atoms with Crippen molar-refractivity contribution in [3.05, 3.63) is 59.7 Å². The van der Waals surface area contributed by atoms with E-state index in [2.05, 4.69) is 11.7 Å². The van der Waals surface area contributed by atoms with Crippen LogP contribution in [0.3, 0.4) is 0 Å². The molecular formula is C21H28O3. The Morgan fingerprint density at radius 1 is 1.08 bits per heavy atom. The Hall–Kier alpha value is -2.29. The van der Waals surface area contributed by atoms with Crippen molar-refractivity contribution in [1.82, 2.24) is 0 Å². The standard InChI is InChI=1S/C21H28O3/c1-4-5-6-7-17-24-20-15-13-19(14-16-20)12-11-18(2)9-8-10-21(22)23-3/h8-16H,4-7,17H2,1-3H3. The van der Waals surface area contributed by atoms with Gasteiger partial charge in [-0.3, -0.25) is 0 Å². The Labute approximate surface area is 145 Å². The second kappa shape index (κ2) is 12.2. The van der Waals surface area contributed by atoms with Gasteiger partial charge in [0.25, 0.3) is 0 Å². The molecule has 0 fully saturated rings. The Kier molecular flexibility index (Phi) is 10.0. The number of methoxy groups -OCH3 is 1. The molecule has 0 amide bonds. The zero-order valence-corrected chi connectivity index (χ0v) is 15.0. The van der Waals surface area contributed by atoms with Crippen molar-refractivity contribution < 1.29 is 14.3 Å². The first-order valence-corrected chi connectivity index (χ1v) is 8.49. The van der Waals surface area contributed by atoms with Crippen LogP contribution in [0.25, 0.3) is 6.08 Å². The van der Waals surface area contributed by atoms with Crippen LogP contribution in [0.4, 0.5) is 0 Å². The summed E-state index contributed by atoms with van der Waals surface area (Å²) in [5.41, 5.74) is 2.16. The minimum Gasteiger partial charge on any atom is -0.494 e. The zero-order valence-electron chi connectivity index (χ0n) is 15.0. The third-order valence-corrected chi connectivity index (χ3v) is 3.48. The largest absolute Gasteiger partial charge is 0.494 e. The fraction of sp³-hybridized carbons (Fsp3) is 0.381. The SMILES string of the molecule is CCCCCCOc1ccc(C=CC(C)=CC=CC(=O)OC)cc1. The molecule has 24 heavy (non-hydrogen) atoms. The highest BCUT2D eigenvalue weighted by atomic mass is 16.5. The highest BCUT2D eigenvalue weighted by molar-refractivity contribution is 5.82. The molecule has 1 aromatic rings. The molecule has 0 aliphatic rings. The van der Waals surface area contributed by atoms with Gasteiger partial charge in [0.05, 0.1) is 13.7 Å². The third-order valence-electron chi connectivity index (χ3n) is 3.48. The van der Waals surface area contributed by atoms with Crippen molar-refractivity contribution in [1.29, 1.82) is 0 Å². The number of hydrogen-bond donors (Lipinski definition) is 0. The average Bonchev–Trinajstić information content (AvgIpc) is 2.60. The molecule has 1 rings (SSSR count). The lowest BCUT2D eigenvalue weighted by molar-refractivity contribution is -0.134. The number of rotatable bonds is 10. The van der Waals surface area contributed by atoms with Crippen LogP contribution in [0.2, 0.25) is 0 Å². The Morgan fingerprint density at radius 3 is 2.50 bits per heavy atom. The van der Waals surface area contributed by atoms with Crippen LogP contribution in [0.15, 0.2) is 54.1 Å². The minimum absolute atomic E-state index is 0.353. The molecule has 0 aliphatic carbocycles. The van der Waals surface area contributed by atoms with Gasteiger partial charge in [-0.25, -0.2) is 4.79 Å². The Balaban J connectivity index is 2.44. The molecule has 0 bridgehead atoms. The van der Waals surface area contributed by atoms with E-state index < -0.39 is 0 Å². The lowest BCUT2D eigenvalue weighted by Crippen LogP contribution is -1.96. The van der Waals surface area contributed by atoms with Gasteiger partial charge in [-0.1, -0.05) is 68.2 Å². The summed E-state index contributed by atoms with van der Waals surface area (Å²) in [6.07, 6.45) is 13.8. The van der Waals surface area contributed by atoms with E-state index in [0.717, 1.165) is 29.9 Å². The maximum absolute atomic E-state index is 11.0. The van der Waals surface area contributed by atoms with Gasteiger partial charge >= 0.3 is 5.97 Å². The molecule has 3 nitrogen and oxygen atoms in total. The van der Waals surface area contributed by atoms with Crippen molar-refractivity contribution in [3.8, 4) is 5.75 Å². The number of unbranched alkanes of at least 4 members (excludes halogenated alkanes) is 3. The van der Waals surface area contributed by atoms with Gasteiger partial charge in [0.15, 0.2) is 0 Å². The van der Waals surface area contributed by atoms with E-state index in [1.807, 2.05) is 49.4 Å². The highest BCUT2D eigenvalue weighted by Gasteiger charge is 1.94. The number of benzene rings is 1. The number of carbonyl (C=O) groups excluding carboxylic acids is 1. The second-order valence-electron chi connectivity index (χ2n) is 5.60. The first-order chi connectivity index (χ1) is 11.7. The highest BCUT2D eigenvalue weighted by Crippen LogP contribution is 2.14. The summed E-state index contributed by atoms with van der Waals surface area (Å²) in [5.74, 6) is 0.560. The van der Waals surface area contributed by atoms with E-state index in [9.17, 15) is 4.79 Å². The lowest BCUT2D eigenvalue weighted by Gasteiger charge is -2.06. The molecule has 0 heterocycles. The molecular weight excluding hydrogens is 300 g/mol. The first-order valence-electron chi connectivity index (χ1n) is 8.49. The number of hydrogen-bond acceptors (Lipinski definition) is 3. The molecule has 0 saturated heterocycles. The van der Waals surface area contributed by atoms with Crippen molar-refractivity contribution in [3.63, 3.8) is 0 Å². The molecule has 0 aromatic heterocycles. The maximum Gasteiger partial charge on any atom is 0.330 e. The molecule has 3 heteroatoms. The monoisotopic (exact) mass is 328 g/mol. The van der Waals surface area contributed by atoms with Gasteiger partial charge in [0, 0.05) is 6.08 Å². The molecule has 0 atom stereocenters. The van der Waals surface area contributed by atoms with Gasteiger partial charge in [-0.2, -0.15) is 0 Å². The quantitative estimate of drug-likeness (QED) is 0.252. The summed E-state index contributed by atoms with van der Waals surface area (Å²) >= 11 is 0. The maximum atomic E-state index is 11.0. The average molecular weight is 328 g/mol. The van der Waals surface area contributed by atoms with Crippen molar-refractivity contribution in [2.24, 2.45) is 0 Å². The fourth-order valence-electron chi connectivity index (χ4n) is 2.02. The van der Waals surface area contributed by atoms with E-state index in [0.29, 0.717) is 0 Å². The van der Waals surface area contributed by atoms with Crippen LogP contribution in [0.1, 0.15) is 45.1 Å². The molecule has 0 radical (unpaired) electrons. The molecule has 0 spiro atoms. The van der Waals surface area contributed by atoms with Crippen LogP contribution >= 0.6 is 0 Å². The van der Waals surface area contributed by atoms with Crippen molar-refractivity contribution >= 4 is 12.0 Å². The number of carbonyl (C=O) groups is 1. The Bertz CT molecular complexity index is 565. The predicted octanol–water partition coefficient (Wildman–Crippen LogP) is 5.33. The number of ether oxygens (including phenoxy) is 2. The first kappa shape index (κ1) is 19.8. The minimum atomic E-state index is -0.353. The van der Waals surface area contributed by atoms with Gasteiger partial charge in [-0.05, 0) is 31.0 Å². The molecule has 0 aliphatic heterocycles. The summed E-state index contributed by atoms with van der Waals surface area (Å²) in [6, 6.07) is 8.07. The zero-order chi connectivity index (χ0) is 17.6. The summed E-state index contributed by atoms with van der Waals surface area (Å²) in [5, 5.41) is 0. The van der Waals surface area contributed by atoms with Gasteiger partial charge in [0.2, 0.25) is 0 Å². The molecule has 0 saturated carbocycles. The molecule has 1 aromatic carbocycles. The molecule has 130 valence electrons. The predicted molar refractivity (Wildman–Crippen MR) is 100 cm³/mol. The summed E-state index contributed by atoms with van der Waals surface area (Å²) in [4.78, 5) is 11.0. The van der Waals surface area contributed by atoms with Crippen molar-refractivity contribution in [2.75, 3.05) is 13.7 Å². The summed E-state index contributed by atoms with van der Waals surface area (Å²) in [7, 11) is 1.36. The van der Waals surface area contributed by atoms with Crippen LogP contribution in [0.5, 0.6) is 5.75 Å². The second-order valence-corrected chi connectivity index (χ2v) is 5.60. The van der Waals surface area contributed by atoms with E-state index in [4.69, 9.17) is 4.74 Å². The van der Waals surface area contributed by atoms with E-state index in [1.54, 1.807) is 6.08 Å². The van der Waals surface area contributed by atoms with Gasteiger partial charge in [0.1, 0.15) is 5.75 Å². The molecule has 0 unspecified atom stereocenters. The van der Waals surface area contributed by atoms with Crippen LogP contribution in [-0.2, 0) is 9.53 Å². The van der Waals surface area contributed by atoms with Gasteiger partial charge in [-0.15, -0.1) is 0 Å².